The van der Waals surface area contributed by atoms with Gasteiger partial charge in [-0.25, -0.2) is 4.79 Å². The fourth-order valence-electron chi connectivity index (χ4n) is 1.88. The Morgan fingerprint density at radius 2 is 1.80 bits per heavy atom. The highest BCUT2D eigenvalue weighted by atomic mass is 16.6. The van der Waals surface area contributed by atoms with Gasteiger partial charge in [0.25, 0.3) is 0 Å². The predicted molar refractivity (Wildman–Crippen MR) is 82.9 cm³/mol. The lowest BCUT2D eigenvalue weighted by Gasteiger charge is -2.27. The Balaban J connectivity index is 2.57. The molecule has 0 aliphatic heterocycles. The highest BCUT2D eigenvalue weighted by Crippen LogP contribution is 2.11. The number of hydrogen-bond donors (Lipinski definition) is 0. The lowest BCUT2D eigenvalue weighted by Crippen LogP contribution is -2.38. The molecule has 0 radical (unpaired) electrons. The van der Waals surface area contributed by atoms with Gasteiger partial charge in [-0.15, -0.1) is 0 Å². The summed E-state index contributed by atoms with van der Waals surface area (Å²) in [6.07, 6.45) is 2.74. The van der Waals surface area contributed by atoms with Gasteiger partial charge in [-0.2, -0.15) is 0 Å². The quantitative estimate of drug-likeness (QED) is 0.777. The van der Waals surface area contributed by atoms with E-state index in [0.29, 0.717) is 6.54 Å². The Labute approximate surface area is 122 Å². The van der Waals surface area contributed by atoms with E-state index >= 15 is 0 Å². The van der Waals surface area contributed by atoms with E-state index in [9.17, 15) is 4.79 Å². The first-order valence-electron chi connectivity index (χ1n) is 7.44. The number of nitrogens with zero attached hydrogens (tertiary/aromatic N) is 1. The van der Waals surface area contributed by atoms with E-state index in [1.165, 1.54) is 5.56 Å². The molecular formula is C17H27NO2. The van der Waals surface area contributed by atoms with Crippen LogP contribution in [0.1, 0.15) is 46.1 Å². The van der Waals surface area contributed by atoms with Crippen LogP contribution in [0.4, 0.5) is 4.79 Å². The van der Waals surface area contributed by atoms with Crippen molar-refractivity contribution in [3.05, 3.63) is 35.9 Å². The number of hydrogen-bond acceptors (Lipinski definition) is 2. The zero-order valence-corrected chi connectivity index (χ0v) is 13.2. The first kappa shape index (κ1) is 16.5. The number of carbonyl (C=O) groups excluding carboxylic acids is 1. The minimum Gasteiger partial charge on any atom is -0.444 e. The second-order valence-corrected chi connectivity index (χ2v) is 6.06. The molecule has 1 amide bonds. The summed E-state index contributed by atoms with van der Waals surface area (Å²) in [6.45, 7) is 9.31. The van der Waals surface area contributed by atoms with Gasteiger partial charge in [0.05, 0.1) is 0 Å². The third-order valence-electron chi connectivity index (χ3n) is 2.95. The number of carbonyl (C=O) groups is 1. The van der Waals surface area contributed by atoms with E-state index in [4.69, 9.17) is 4.74 Å². The maximum atomic E-state index is 12.2. The summed E-state index contributed by atoms with van der Waals surface area (Å²) >= 11 is 0. The summed E-state index contributed by atoms with van der Waals surface area (Å²) in [5, 5.41) is 0. The zero-order chi connectivity index (χ0) is 15.0. The van der Waals surface area contributed by atoms with E-state index < -0.39 is 5.60 Å². The summed E-state index contributed by atoms with van der Waals surface area (Å²) in [7, 11) is 0. The molecule has 0 fully saturated rings. The molecule has 0 aromatic heterocycles. The van der Waals surface area contributed by atoms with Crippen molar-refractivity contribution in [1.29, 1.82) is 0 Å². The Bertz CT molecular complexity index is 395. The average molecular weight is 277 g/mol. The molecule has 0 aliphatic carbocycles. The van der Waals surface area contributed by atoms with Gasteiger partial charge in [-0.05, 0) is 39.2 Å². The normalized spacial score (nSPS) is 11.2. The highest BCUT2D eigenvalue weighted by molar-refractivity contribution is 5.68. The average Bonchev–Trinajstić information content (AvgIpc) is 2.38. The van der Waals surface area contributed by atoms with Gasteiger partial charge in [-0.3, -0.25) is 0 Å². The standard InChI is InChI=1S/C17H27NO2/c1-5-6-13-18(16(19)20-17(2,3)4)14-12-15-10-8-7-9-11-15/h7-11H,5-6,12-14H2,1-4H3. The number of rotatable bonds is 6. The maximum Gasteiger partial charge on any atom is 0.410 e. The molecule has 3 nitrogen and oxygen atoms in total. The molecule has 0 spiro atoms. The van der Waals surface area contributed by atoms with E-state index in [1.807, 2.05) is 43.9 Å². The fraction of sp³-hybridized carbons (Fsp3) is 0.588. The van der Waals surface area contributed by atoms with E-state index in [1.54, 1.807) is 0 Å². The first-order valence-corrected chi connectivity index (χ1v) is 7.44. The topological polar surface area (TPSA) is 29.5 Å². The Morgan fingerprint density at radius 1 is 1.15 bits per heavy atom. The summed E-state index contributed by atoms with van der Waals surface area (Å²) in [5.74, 6) is 0. The van der Waals surface area contributed by atoms with Crippen LogP contribution in [0.2, 0.25) is 0 Å². The van der Waals surface area contributed by atoms with Gasteiger partial charge in [0.2, 0.25) is 0 Å². The van der Waals surface area contributed by atoms with Crippen molar-refractivity contribution in [2.75, 3.05) is 13.1 Å². The second-order valence-electron chi connectivity index (χ2n) is 6.06. The zero-order valence-electron chi connectivity index (χ0n) is 13.2. The molecule has 1 aromatic rings. The molecule has 0 N–H and O–H groups in total. The fourth-order valence-corrected chi connectivity index (χ4v) is 1.88. The van der Waals surface area contributed by atoms with Crippen LogP contribution >= 0.6 is 0 Å². The van der Waals surface area contributed by atoms with Crippen molar-refractivity contribution >= 4 is 6.09 Å². The highest BCUT2D eigenvalue weighted by Gasteiger charge is 2.21. The molecule has 112 valence electrons. The monoisotopic (exact) mass is 277 g/mol. The Morgan fingerprint density at radius 3 is 2.35 bits per heavy atom. The lowest BCUT2D eigenvalue weighted by molar-refractivity contribution is 0.0249. The molecule has 0 aliphatic rings. The molecule has 0 bridgehead atoms. The second kappa shape index (κ2) is 7.93. The number of unbranched alkanes of at least 4 members (excludes halogenated alkanes) is 1. The van der Waals surface area contributed by atoms with Gasteiger partial charge in [0.15, 0.2) is 0 Å². The molecule has 1 rings (SSSR count). The summed E-state index contributed by atoms with van der Waals surface area (Å²) in [4.78, 5) is 14.0. The third kappa shape index (κ3) is 6.60. The minimum atomic E-state index is -0.436. The molecule has 0 unspecified atom stereocenters. The largest absolute Gasteiger partial charge is 0.444 e. The number of amides is 1. The lowest BCUT2D eigenvalue weighted by atomic mass is 10.1. The number of ether oxygens (including phenoxy) is 1. The van der Waals surface area contributed by atoms with Gasteiger partial charge in [0, 0.05) is 13.1 Å². The van der Waals surface area contributed by atoms with Crippen molar-refractivity contribution in [2.24, 2.45) is 0 Å². The SMILES string of the molecule is CCCCN(CCc1ccccc1)C(=O)OC(C)(C)C. The van der Waals surface area contributed by atoms with E-state index in [2.05, 4.69) is 19.1 Å². The summed E-state index contributed by atoms with van der Waals surface area (Å²) in [5.41, 5.74) is 0.812. The van der Waals surface area contributed by atoms with Crippen LogP contribution in [0.5, 0.6) is 0 Å². The Kier molecular flexibility index (Phi) is 6.56. The van der Waals surface area contributed by atoms with Crippen LogP contribution in [0.15, 0.2) is 30.3 Å². The van der Waals surface area contributed by atoms with Crippen molar-refractivity contribution < 1.29 is 9.53 Å². The minimum absolute atomic E-state index is 0.207. The molecule has 20 heavy (non-hydrogen) atoms. The first-order chi connectivity index (χ1) is 9.42. The third-order valence-corrected chi connectivity index (χ3v) is 2.95. The van der Waals surface area contributed by atoms with Gasteiger partial charge in [-0.1, -0.05) is 43.7 Å². The van der Waals surface area contributed by atoms with E-state index in [-0.39, 0.29) is 6.09 Å². The van der Waals surface area contributed by atoms with Gasteiger partial charge < -0.3 is 9.64 Å². The van der Waals surface area contributed by atoms with Crippen molar-refractivity contribution in [3.63, 3.8) is 0 Å². The van der Waals surface area contributed by atoms with Crippen LogP contribution in [0.3, 0.4) is 0 Å². The molecule has 0 atom stereocenters. The summed E-state index contributed by atoms with van der Waals surface area (Å²) in [6, 6.07) is 10.2. The maximum absolute atomic E-state index is 12.2. The van der Waals surface area contributed by atoms with Crippen molar-refractivity contribution in [3.8, 4) is 0 Å². The van der Waals surface area contributed by atoms with Crippen molar-refractivity contribution in [1.82, 2.24) is 4.90 Å². The molecule has 1 aromatic carbocycles. The van der Waals surface area contributed by atoms with E-state index in [0.717, 1.165) is 25.8 Å². The van der Waals surface area contributed by atoms with Crippen molar-refractivity contribution in [2.45, 2.75) is 52.6 Å². The van der Waals surface area contributed by atoms with Crippen LogP contribution in [-0.4, -0.2) is 29.7 Å². The van der Waals surface area contributed by atoms with Crippen LogP contribution in [-0.2, 0) is 11.2 Å². The smallest absolute Gasteiger partial charge is 0.410 e. The summed E-state index contributed by atoms with van der Waals surface area (Å²) < 4.78 is 5.47. The molecule has 3 heteroatoms. The van der Waals surface area contributed by atoms with Gasteiger partial charge >= 0.3 is 6.09 Å². The number of benzene rings is 1. The molecule has 0 heterocycles. The van der Waals surface area contributed by atoms with Crippen LogP contribution < -0.4 is 0 Å². The molecular weight excluding hydrogens is 250 g/mol. The molecule has 0 saturated carbocycles. The molecule has 0 saturated heterocycles. The van der Waals surface area contributed by atoms with Crippen LogP contribution in [0, 0.1) is 0 Å². The predicted octanol–water partition coefficient (Wildman–Crippen LogP) is 4.27. The van der Waals surface area contributed by atoms with Gasteiger partial charge in [0.1, 0.15) is 5.60 Å². The van der Waals surface area contributed by atoms with Crippen LogP contribution in [0.25, 0.3) is 0 Å². The Hall–Kier alpha value is -1.51.